The summed E-state index contributed by atoms with van der Waals surface area (Å²) in [4.78, 5) is 26.0. The average molecular weight is 228 g/mol. The molecular formula is C11H20N2O3. The molecule has 0 unspecified atom stereocenters. The number of piperidine rings is 1. The van der Waals surface area contributed by atoms with Crippen LogP contribution in [-0.4, -0.2) is 59.5 Å². The fraction of sp³-hybridized carbons (Fsp3) is 0.818. The molecule has 0 aromatic rings. The molecule has 0 atom stereocenters. The summed E-state index contributed by atoms with van der Waals surface area (Å²) in [5.41, 5.74) is -0.982. The second-order valence-corrected chi connectivity index (χ2v) is 4.44. The Morgan fingerprint density at radius 3 is 2.44 bits per heavy atom. The number of likely N-dealkylation sites (tertiary alicyclic amines) is 1. The molecule has 0 aliphatic carbocycles. The lowest BCUT2D eigenvalue weighted by atomic mass is 9.86. The number of carbonyl (C=O) groups excluding carboxylic acids is 1. The van der Waals surface area contributed by atoms with Gasteiger partial charge in [0.2, 0.25) is 6.41 Å². The first-order valence-electron chi connectivity index (χ1n) is 5.71. The van der Waals surface area contributed by atoms with Crippen molar-refractivity contribution in [3.63, 3.8) is 0 Å². The zero-order chi connectivity index (χ0) is 12.2. The molecule has 1 rings (SSSR count). The van der Waals surface area contributed by atoms with Crippen molar-refractivity contribution in [2.75, 3.05) is 26.7 Å². The lowest BCUT2D eigenvalue weighted by Crippen LogP contribution is -2.59. The maximum Gasteiger partial charge on any atom is 0.329 e. The molecule has 1 amide bonds. The Kier molecular flexibility index (Phi) is 4.29. The Balaban J connectivity index is 2.87. The minimum Gasteiger partial charge on any atom is -0.479 e. The fourth-order valence-electron chi connectivity index (χ4n) is 2.22. The Labute approximate surface area is 96.0 Å². The highest BCUT2D eigenvalue weighted by Crippen LogP contribution is 2.28. The third-order valence-electron chi connectivity index (χ3n) is 3.35. The molecule has 92 valence electrons. The first-order chi connectivity index (χ1) is 7.56. The summed E-state index contributed by atoms with van der Waals surface area (Å²) in [6.45, 7) is 3.90. The number of carboxylic acids is 1. The molecule has 1 heterocycles. The van der Waals surface area contributed by atoms with E-state index in [1.54, 1.807) is 0 Å². The van der Waals surface area contributed by atoms with Gasteiger partial charge in [-0.1, -0.05) is 6.92 Å². The van der Waals surface area contributed by atoms with Crippen molar-refractivity contribution in [1.82, 2.24) is 9.80 Å². The van der Waals surface area contributed by atoms with Crippen LogP contribution in [0.1, 0.15) is 26.2 Å². The minimum atomic E-state index is -0.982. The van der Waals surface area contributed by atoms with Crippen molar-refractivity contribution < 1.29 is 14.7 Å². The first kappa shape index (κ1) is 13.0. The molecule has 0 bridgehead atoms. The van der Waals surface area contributed by atoms with Gasteiger partial charge in [0.25, 0.3) is 0 Å². The molecule has 5 heteroatoms. The highest BCUT2D eigenvalue weighted by molar-refractivity contribution is 5.81. The lowest BCUT2D eigenvalue weighted by molar-refractivity contribution is -0.158. The van der Waals surface area contributed by atoms with Crippen LogP contribution in [0.15, 0.2) is 0 Å². The van der Waals surface area contributed by atoms with Crippen molar-refractivity contribution in [1.29, 1.82) is 0 Å². The van der Waals surface area contributed by atoms with E-state index >= 15 is 0 Å². The highest BCUT2D eigenvalue weighted by atomic mass is 16.4. The van der Waals surface area contributed by atoms with Gasteiger partial charge in [-0.3, -0.25) is 4.79 Å². The van der Waals surface area contributed by atoms with Crippen LogP contribution >= 0.6 is 0 Å². The molecule has 0 aromatic heterocycles. The maximum atomic E-state index is 11.4. The van der Waals surface area contributed by atoms with Gasteiger partial charge in [-0.2, -0.15) is 0 Å². The van der Waals surface area contributed by atoms with Crippen molar-refractivity contribution in [3.05, 3.63) is 0 Å². The Bertz CT molecular complexity index is 260. The van der Waals surface area contributed by atoms with Crippen LogP contribution in [0.3, 0.4) is 0 Å². The van der Waals surface area contributed by atoms with Gasteiger partial charge in [0, 0.05) is 19.6 Å². The van der Waals surface area contributed by atoms with Crippen molar-refractivity contribution in [2.24, 2.45) is 0 Å². The molecule has 1 aliphatic heterocycles. The summed E-state index contributed by atoms with van der Waals surface area (Å²) in [5.74, 6) is -0.874. The van der Waals surface area contributed by atoms with Crippen molar-refractivity contribution in [3.8, 4) is 0 Å². The van der Waals surface area contributed by atoms with Crippen LogP contribution in [0.4, 0.5) is 0 Å². The minimum absolute atomic E-state index is 0.511. The second-order valence-electron chi connectivity index (χ2n) is 4.44. The highest BCUT2D eigenvalue weighted by Gasteiger charge is 2.45. The van der Waals surface area contributed by atoms with Crippen LogP contribution in [0.2, 0.25) is 0 Å². The van der Waals surface area contributed by atoms with Crippen LogP contribution in [0.5, 0.6) is 0 Å². The summed E-state index contributed by atoms with van der Waals surface area (Å²) in [7, 11) is 1.97. The quantitative estimate of drug-likeness (QED) is 0.692. The Hall–Kier alpha value is -1.10. The van der Waals surface area contributed by atoms with E-state index in [0.29, 0.717) is 25.8 Å². The van der Waals surface area contributed by atoms with Crippen molar-refractivity contribution in [2.45, 2.75) is 31.7 Å². The molecule has 0 spiro atoms. The Morgan fingerprint density at radius 1 is 1.50 bits per heavy atom. The molecule has 16 heavy (non-hydrogen) atoms. The zero-order valence-corrected chi connectivity index (χ0v) is 9.98. The average Bonchev–Trinajstić information content (AvgIpc) is 2.27. The SMILES string of the molecule is CCCN(C=O)C1(C(=O)O)CCN(C)CC1. The number of nitrogens with zero attached hydrogens (tertiary/aromatic N) is 2. The van der Waals surface area contributed by atoms with E-state index < -0.39 is 11.5 Å². The molecule has 0 aromatic carbocycles. The standard InChI is InChI=1S/C11H20N2O3/c1-3-6-13(9-14)11(10(15)16)4-7-12(2)8-5-11/h9H,3-8H2,1-2H3,(H,15,16). The van der Waals surface area contributed by atoms with Crippen LogP contribution in [0, 0.1) is 0 Å². The van der Waals surface area contributed by atoms with Gasteiger partial charge in [-0.05, 0) is 26.3 Å². The smallest absolute Gasteiger partial charge is 0.329 e. The summed E-state index contributed by atoms with van der Waals surface area (Å²) >= 11 is 0. The largest absolute Gasteiger partial charge is 0.479 e. The third-order valence-corrected chi connectivity index (χ3v) is 3.35. The number of hydrogen-bond donors (Lipinski definition) is 1. The molecular weight excluding hydrogens is 208 g/mol. The zero-order valence-electron chi connectivity index (χ0n) is 9.98. The molecule has 1 saturated heterocycles. The van der Waals surface area contributed by atoms with E-state index in [9.17, 15) is 14.7 Å². The molecule has 1 aliphatic rings. The number of carboxylic acid groups (broad SMARTS) is 1. The van der Waals surface area contributed by atoms with E-state index in [4.69, 9.17) is 0 Å². The van der Waals surface area contributed by atoms with E-state index in [2.05, 4.69) is 4.90 Å². The van der Waals surface area contributed by atoms with E-state index in [0.717, 1.165) is 19.5 Å². The second kappa shape index (κ2) is 5.30. The van der Waals surface area contributed by atoms with Gasteiger partial charge in [0.05, 0.1) is 0 Å². The normalized spacial score (nSPS) is 20.4. The van der Waals surface area contributed by atoms with E-state index in [1.807, 2.05) is 14.0 Å². The first-order valence-corrected chi connectivity index (χ1v) is 5.71. The monoisotopic (exact) mass is 228 g/mol. The maximum absolute atomic E-state index is 11.4. The van der Waals surface area contributed by atoms with Crippen molar-refractivity contribution >= 4 is 12.4 Å². The predicted octanol–water partition coefficient (Wildman–Crippen LogP) is 0.404. The number of amides is 1. The number of aliphatic carboxylic acids is 1. The van der Waals surface area contributed by atoms with E-state index in [-0.39, 0.29) is 0 Å². The summed E-state index contributed by atoms with van der Waals surface area (Å²) in [6.07, 6.45) is 2.49. The van der Waals surface area contributed by atoms with Gasteiger partial charge < -0.3 is 14.9 Å². The lowest BCUT2D eigenvalue weighted by Gasteiger charge is -2.43. The fourth-order valence-corrected chi connectivity index (χ4v) is 2.22. The summed E-state index contributed by atoms with van der Waals surface area (Å²) in [5, 5.41) is 9.38. The molecule has 0 radical (unpaired) electrons. The van der Waals surface area contributed by atoms with Gasteiger partial charge in [0.1, 0.15) is 5.54 Å². The number of rotatable bonds is 5. The van der Waals surface area contributed by atoms with Crippen LogP contribution < -0.4 is 0 Å². The molecule has 1 fully saturated rings. The number of hydrogen-bond acceptors (Lipinski definition) is 3. The van der Waals surface area contributed by atoms with Gasteiger partial charge in [-0.25, -0.2) is 4.79 Å². The van der Waals surface area contributed by atoms with Crippen LogP contribution in [-0.2, 0) is 9.59 Å². The Morgan fingerprint density at radius 2 is 2.06 bits per heavy atom. The van der Waals surface area contributed by atoms with Gasteiger partial charge >= 0.3 is 5.97 Å². The molecule has 1 N–H and O–H groups in total. The topological polar surface area (TPSA) is 60.9 Å². The summed E-state index contributed by atoms with van der Waals surface area (Å²) < 4.78 is 0. The van der Waals surface area contributed by atoms with E-state index in [1.165, 1.54) is 4.90 Å². The number of carbonyl (C=O) groups is 2. The van der Waals surface area contributed by atoms with Gasteiger partial charge in [-0.15, -0.1) is 0 Å². The van der Waals surface area contributed by atoms with Gasteiger partial charge in [0.15, 0.2) is 0 Å². The van der Waals surface area contributed by atoms with Crippen LogP contribution in [0.25, 0.3) is 0 Å². The predicted molar refractivity (Wildman–Crippen MR) is 60.2 cm³/mol. The molecule has 0 saturated carbocycles. The molecule has 5 nitrogen and oxygen atoms in total. The summed E-state index contributed by atoms with van der Waals surface area (Å²) in [6, 6.07) is 0. The third kappa shape index (κ3) is 2.35.